The van der Waals surface area contributed by atoms with E-state index in [1.807, 2.05) is 12.1 Å². The normalized spacial score (nSPS) is 10.9. The Morgan fingerprint density at radius 3 is 2.38 bits per heavy atom. The summed E-state index contributed by atoms with van der Waals surface area (Å²) in [6, 6.07) is 17.5. The average molecular weight is 475 g/mol. The van der Waals surface area contributed by atoms with Gasteiger partial charge in [0.1, 0.15) is 17.2 Å². The molecule has 0 saturated carbocycles. The van der Waals surface area contributed by atoms with Crippen LogP contribution in [0.3, 0.4) is 0 Å². The molecule has 3 aromatic carbocycles. The monoisotopic (exact) mass is 474 g/mol. The number of benzene rings is 3. The molecule has 32 heavy (non-hydrogen) atoms. The summed E-state index contributed by atoms with van der Waals surface area (Å²) < 4.78 is 38.3. The van der Waals surface area contributed by atoms with Crippen molar-refractivity contribution < 1.29 is 27.8 Å². The first-order valence-corrected chi connectivity index (χ1v) is 11.8. The maximum Gasteiger partial charge on any atom is 0.262 e. The van der Waals surface area contributed by atoms with Crippen LogP contribution in [0.4, 0.5) is 11.4 Å². The van der Waals surface area contributed by atoms with Crippen LogP contribution >= 0.6 is 11.8 Å². The summed E-state index contributed by atoms with van der Waals surface area (Å²) in [5.74, 6) is 0.502. The van der Waals surface area contributed by atoms with Crippen LogP contribution in [-0.2, 0) is 14.8 Å². The standard InChI is InChI=1S/C22H22N2O6S2/c1-29-15-7-9-16(10-8-15)31-14-22(26)23-19-13-17(11-12-20(19)25)32(27,28)24-18-5-3-4-6-21(18)30-2/h3-13,24-25H,14H2,1-2H3,(H,23,26). The van der Waals surface area contributed by atoms with Crippen molar-refractivity contribution in [2.75, 3.05) is 30.0 Å². The number of methoxy groups -OCH3 is 2. The Balaban J connectivity index is 1.70. The van der Waals surface area contributed by atoms with Gasteiger partial charge in [-0.25, -0.2) is 8.42 Å². The maximum atomic E-state index is 12.8. The van der Waals surface area contributed by atoms with Gasteiger partial charge in [0, 0.05) is 4.90 Å². The molecule has 0 heterocycles. The van der Waals surface area contributed by atoms with Gasteiger partial charge in [0.05, 0.1) is 36.2 Å². The van der Waals surface area contributed by atoms with Gasteiger partial charge >= 0.3 is 0 Å². The van der Waals surface area contributed by atoms with Gasteiger partial charge in [-0.3, -0.25) is 9.52 Å². The first-order chi connectivity index (χ1) is 15.3. The van der Waals surface area contributed by atoms with Gasteiger partial charge in [0.25, 0.3) is 10.0 Å². The highest BCUT2D eigenvalue weighted by Gasteiger charge is 2.19. The minimum Gasteiger partial charge on any atom is -0.506 e. The van der Waals surface area contributed by atoms with Gasteiger partial charge < -0.3 is 19.9 Å². The second kappa shape index (κ2) is 10.3. The van der Waals surface area contributed by atoms with Crippen LogP contribution in [0.5, 0.6) is 17.2 Å². The largest absolute Gasteiger partial charge is 0.506 e. The highest BCUT2D eigenvalue weighted by atomic mass is 32.2. The lowest BCUT2D eigenvalue weighted by Gasteiger charge is -2.13. The summed E-state index contributed by atoms with van der Waals surface area (Å²) in [6.07, 6.45) is 0. The Kier molecular flexibility index (Phi) is 7.49. The Morgan fingerprint density at radius 2 is 1.69 bits per heavy atom. The third-order valence-electron chi connectivity index (χ3n) is 4.33. The Morgan fingerprint density at radius 1 is 0.969 bits per heavy atom. The Bertz CT molecular complexity index is 1200. The molecule has 3 aromatic rings. The van der Waals surface area contributed by atoms with E-state index in [2.05, 4.69) is 10.0 Å². The minimum absolute atomic E-state index is 0.00627. The number of sulfonamides is 1. The van der Waals surface area contributed by atoms with Crippen LogP contribution in [0.25, 0.3) is 0 Å². The van der Waals surface area contributed by atoms with Gasteiger partial charge in [0.15, 0.2) is 0 Å². The van der Waals surface area contributed by atoms with E-state index in [0.29, 0.717) is 11.5 Å². The third kappa shape index (κ3) is 5.86. The van der Waals surface area contributed by atoms with Crippen molar-refractivity contribution in [2.45, 2.75) is 9.79 Å². The molecule has 0 aliphatic heterocycles. The molecule has 0 spiro atoms. The molecule has 3 rings (SSSR count). The number of phenolic OH excluding ortho intramolecular Hbond substituents is 1. The van der Waals surface area contributed by atoms with E-state index in [4.69, 9.17) is 9.47 Å². The van der Waals surface area contributed by atoms with E-state index >= 15 is 0 Å². The number of carbonyl (C=O) groups excluding carboxylic acids is 1. The van der Waals surface area contributed by atoms with Crippen LogP contribution < -0.4 is 19.5 Å². The molecule has 0 aliphatic carbocycles. The van der Waals surface area contributed by atoms with Crippen molar-refractivity contribution >= 4 is 39.1 Å². The smallest absolute Gasteiger partial charge is 0.262 e. The summed E-state index contributed by atoms with van der Waals surface area (Å²) in [5.41, 5.74) is 0.262. The lowest BCUT2D eigenvalue weighted by molar-refractivity contribution is -0.113. The summed E-state index contributed by atoms with van der Waals surface area (Å²) in [7, 11) is -0.985. The number of hydrogen-bond donors (Lipinski definition) is 3. The quantitative estimate of drug-likeness (QED) is 0.318. The second-order valence-electron chi connectivity index (χ2n) is 6.50. The zero-order valence-corrected chi connectivity index (χ0v) is 19.0. The number of hydrogen-bond acceptors (Lipinski definition) is 7. The van der Waals surface area contributed by atoms with E-state index in [1.165, 1.54) is 37.1 Å². The molecule has 1 amide bonds. The fourth-order valence-electron chi connectivity index (χ4n) is 2.72. The number of rotatable bonds is 9. The Labute approximate surface area is 190 Å². The summed E-state index contributed by atoms with van der Waals surface area (Å²) in [4.78, 5) is 13.1. The SMILES string of the molecule is COc1ccc(SCC(=O)Nc2cc(S(=O)(=O)Nc3ccccc3OC)ccc2O)cc1. The molecule has 0 fully saturated rings. The van der Waals surface area contributed by atoms with Crippen molar-refractivity contribution in [1.82, 2.24) is 0 Å². The molecule has 168 valence electrons. The highest BCUT2D eigenvalue weighted by molar-refractivity contribution is 8.00. The summed E-state index contributed by atoms with van der Waals surface area (Å²) in [5, 5.41) is 12.6. The van der Waals surface area contributed by atoms with E-state index in [-0.39, 0.29) is 27.8 Å². The molecule has 0 saturated heterocycles. The topological polar surface area (TPSA) is 114 Å². The molecule has 0 unspecified atom stereocenters. The molecule has 3 N–H and O–H groups in total. The lowest BCUT2D eigenvalue weighted by Crippen LogP contribution is -2.16. The first-order valence-electron chi connectivity index (χ1n) is 9.38. The summed E-state index contributed by atoms with van der Waals surface area (Å²) >= 11 is 1.29. The van der Waals surface area contributed by atoms with E-state index in [1.54, 1.807) is 43.5 Å². The van der Waals surface area contributed by atoms with E-state index in [0.717, 1.165) is 4.90 Å². The molecule has 0 atom stereocenters. The van der Waals surface area contributed by atoms with Crippen molar-refractivity contribution in [3.63, 3.8) is 0 Å². The predicted molar refractivity (Wildman–Crippen MR) is 124 cm³/mol. The van der Waals surface area contributed by atoms with Crippen molar-refractivity contribution in [2.24, 2.45) is 0 Å². The molecular weight excluding hydrogens is 452 g/mol. The van der Waals surface area contributed by atoms with Crippen LogP contribution in [0.1, 0.15) is 0 Å². The number of carbonyl (C=O) groups is 1. The van der Waals surface area contributed by atoms with Crippen LogP contribution in [0.2, 0.25) is 0 Å². The average Bonchev–Trinajstić information content (AvgIpc) is 2.79. The van der Waals surface area contributed by atoms with Gasteiger partial charge in [-0.1, -0.05) is 12.1 Å². The van der Waals surface area contributed by atoms with Gasteiger partial charge in [-0.2, -0.15) is 0 Å². The minimum atomic E-state index is -3.99. The molecular formula is C22H22N2O6S2. The van der Waals surface area contributed by atoms with E-state index in [9.17, 15) is 18.3 Å². The highest BCUT2D eigenvalue weighted by Crippen LogP contribution is 2.30. The molecule has 8 nitrogen and oxygen atoms in total. The zero-order valence-electron chi connectivity index (χ0n) is 17.4. The molecule has 0 radical (unpaired) electrons. The van der Waals surface area contributed by atoms with E-state index < -0.39 is 15.9 Å². The molecule has 0 aliphatic rings. The predicted octanol–water partition coefficient (Wildman–Crippen LogP) is 3.94. The Hall–Kier alpha value is -3.37. The number of thioether (sulfide) groups is 1. The van der Waals surface area contributed by atoms with Crippen LogP contribution in [0.15, 0.2) is 76.5 Å². The maximum absolute atomic E-state index is 12.8. The lowest BCUT2D eigenvalue weighted by atomic mass is 10.3. The molecule has 10 heteroatoms. The number of ether oxygens (including phenoxy) is 2. The second-order valence-corrected chi connectivity index (χ2v) is 9.23. The third-order valence-corrected chi connectivity index (χ3v) is 6.71. The zero-order chi connectivity index (χ0) is 23.1. The van der Waals surface area contributed by atoms with Crippen LogP contribution in [-0.4, -0.2) is 39.4 Å². The van der Waals surface area contributed by atoms with Gasteiger partial charge in [0.2, 0.25) is 5.91 Å². The number of nitrogens with one attached hydrogen (secondary N) is 2. The molecule has 0 aromatic heterocycles. The van der Waals surface area contributed by atoms with Crippen LogP contribution in [0, 0.1) is 0 Å². The van der Waals surface area contributed by atoms with Crippen molar-refractivity contribution in [3.8, 4) is 17.2 Å². The number of para-hydroxylation sites is 2. The van der Waals surface area contributed by atoms with Gasteiger partial charge in [-0.05, 0) is 54.6 Å². The first kappa shape index (κ1) is 23.3. The molecule has 0 bridgehead atoms. The number of amides is 1. The fourth-order valence-corrected chi connectivity index (χ4v) is 4.52. The fraction of sp³-hybridized carbons (Fsp3) is 0.136. The number of phenols is 1. The van der Waals surface area contributed by atoms with Crippen molar-refractivity contribution in [1.29, 1.82) is 0 Å². The summed E-state index contributed by atoms with van der Waals surface area (Å²) in [6.45, 7) is 0. The number of anilines is 2. The number of aromatic hydroxyl groups is 1. The van der Waals surface area contributed by atoms with Gasteiger partial charge in [-0.15, -0.1) is 11.8 Å². The van der Waals surface area contributed by atoms with Crippen molar-refractivity contribution in [3.05, 3.63) is 66.7 Å².